The van der Waals surface area contributed by atoms with Crippen molar-refractivity contribution in [3.8, 4) is 21.0 Å². The Bertz CT molecular complexity index is 1490. The summed E-state index contributed by atoms with van der Waals surface area (Å²) in [7, 11) is -3.50. The Balaban J connectivity index is 1.75. The van der Waals surface area contributed by atoms with E-state index in [1.807, 2.05) is 0 Å². The van der Waals surface area contributed by atoms with E-state index in [1.165, 1.54) is 6.20 Å². The minimum absolute atomic E-state index is 0.0209. The Morgan fingerprint density at radius 2 is 1.74 bits per heavy atom. The van der Waals surface area contributed by atoms with Crippen LogP contribution in [0.5, 0.6) is 0 Å². The maximum absolute atomic E-state index is 14.1. The van der Waals surface area contributed by atoms with Crippen LogP contribution in [0.15, 0.2) is 53.7 Å². The molecular formula is C22H16F5N3O2S2. The molecule has 34 heavy (non-hydrogen) atoms. The molecular weight excluding hydrogens is 497 g/mol. The number of rotatable bonds is 5. The van der Waals surface area contributed by atoms with Gasteiger partial charge in [0.05, 0.1) is 17.1 Å². The van der Waals surface area contributed by atoms with E-state index < -0.39 is 33.3 Å². The van der Waals surface area contributed by atoms with Crippen molar-refractivity contribution < 1.29 is 30.4 Å². The summed E-state index contributed by atoms with van der Waals surface area (Å²) in [6.45, 7) is 1.26. The number of hydrogen-bond acceptors (Lipinski definition) is 5. The van der Waals surface area contributed by atoms with Crippen LogP contribution < -0.4 is 0 Å². The lowest BCUT2D eigenvalue weighted by atomic mass is 10.2. The average Bonchev–Trinajstić information content (AvgIpc) is 3.36. The number of aryl methyl sites for hydroxylation is 1. The number of halogens is 5. The lowest BCUT2D eigenvalue weighted by molar-refractivity contribution is -0.141. The highest BCUT2D eigenvalue weighted by Gasteiger charge is 2.35. The Morgan fingerprint density at radius 3 is 2.35 bits per heavy atom. The van der Waals surface area contributed by atoms with Gasteiger partial charge in [-0.15, -0.1) is 11.3 Å². The van der Waals surface area contributed by atoms with Gasteiger partial charge in [-0.25, -0.2) is 22.2 Å². The molecule has 0 atom stereocenters. The van der Waals surface area contributed by atoms with Crippen LogP contribution in [0.1, 0.15) is 16.8 Å². The fourth-order valence-corrected chi connectivity index (χ4v) is 5.30. The molecule has 5 nitrogen and oxygen atoms in total. The van der Waals surface area contributed by atoms with Crippen LogP contribution in [0.3, 0.4) is 0 Å². The first-order valence-electron chi connectivity index (χ1n) is 9.69. The van der Waals surface area contributed by atoms with Gasteiger partial charge in [-0.05, 0) is 42.8 Å². The second-order valence-electron chi connectivity index (χ2n) is 7.59. The van der Waals surface area contributed by atoms with Crippen molar-refractivity contribution in [2.75, 3.05) is 6.26 Å². The van der Waals surface area contributed by atoms with Crippen molar-refractivity contribution in [1.29, 1.82) is 0 Å². The Hall–Kier alpha value is -3.12. The molecule has 3 heterocycles. The molecule has 0 fully saturated rings. The van der Waals surface area contributed by atoms with Gasteiger partial charge in [0, 0.05) is 34.5 Å². The predicted molar refractivity (Wildman–Crippen MR) is 117 cm³/mol. The monoisotopic (exact) mass is 513 g/mol. The van der Waals surface area contributed by atoms with Gasteiger partial charge in [-0.3, -0.25) is 4.68 Å². The quantitative estimate of drug-likeness (QED) is 0.320. The van der Waals surface area contributed by atoms with Gasteiger partial charge in [0.1, 0.15) is 11.6 Å². The standard InChI is InChI=1S/C22H16F5N3O2S2/c1-12-7-14(10-28-21(12)34(2,31)32)18-5-6-19(33-18)17-9-20(22(25,26)27)29-30(17)11-13-3-4-15(23)8-16(13)24/h3-10H,11H2,1-2H3. The molecule has 1 aromatic carbocycles. The molecule has 0 aliphatic carbocycles. The van der Waals surface area contributed by atoms with E-state index in [9.17, 15) is 30.4 Å². The fraction of sp³-hybridized carbons (Fsp3) is 0.182. The molecule has 0 aliphatic rings. The number of sulfone groups is 1. The third kappa shape index (κ3) is 4.87. The zero-order valence-corrected chi connectivity index (χ0v) is 19.3. The van der Waals surface area contributed by atoms with Gasteiger partial charge >= 0.3 is 6.18 Å². The Labute approximate surface area is 195 Å². The minimum Gasteiger partial charge on any atom is -0.259 e. The molecule has 178 valence electrons. The molecule has 0 N–H and O–H groups in total. The number of pyridine rings is 1. The smallest absolute Gasteiger partial charge is 0.259 e. The van der Waals surface area contributed by atoms with Gasteiger partial charge in [0.25, 0.3) is 0 Å². The summed E-state index contributed by atoms with van der Waals surface area (Å²) in [6, 6.07) is 8.58. The SMILES string of the molecule is Cc1cc(-c2ccc(-c3cc(C(F)(F)F)nn3Cc3ccc(F)cc3F)s2)cnc1S(C)(=O)=O. The lowest BCUT2D eigenvalue weighted by Gasteiger charge is -2.08. The molecule has 0 spiro atoms. The molecule has 0 saturated heterocycles. The van der Waals surface area contributed by atoms with E-state index in [4.69, 9.17) is 0 Å². The lowest BCUT2D eigenvalue weighted by Crippen LogP contribution is -2.09. The van der Waals surface area contributed by atoms with Crippen molar-refractivity contribution in [1.82, 2.24) is 14.8 Å². The normalized spacial score (nSPS) is 12.3. The second kappa shape index (κ2) is 8.58. The Kier molecular flexibility index (Phi) is 6.06. The largest absolute Gasteiger partial charge is 0.435 e. The third-order valence-electron chi connectivity index (χ3n) is 4.93. The summed E-state index contributed by atoms with van der Waals surface area (Å²) >= 11 is 1.15. The van der Waals surface area contributed by atoms with E-state index in [0.717, 1.165) is 40.5 Å². The number of hydrogen-bond donors (Lipinski definition) is 0. The van der Waals surface area contributed by atoms with Gasteiger partial charge in [0.2, 0.25) is 0 Å². The first kappa shape index (κ1) is 24.0. The summed E-state index contributed by atoms with van der Waals surface area (Å²) in [5.41, 5.74) is -0.0360. The fourth-order valence-electron chi connectivity index (χ4n) is 3.40. The van der Waals surface area contributed by atoms with Crippen LogP contribution in [0.25, 0.3) is 21.0 Å². The van der Waals surface area contributed by atoms with Crippen LogP contribution >= 0.6 is 11.3 Å². The van der Waals surface area contributed by atoms with Crippen LogP contribution in [-0.2, 0) is 22.6 Å². The molecule has 0 saturated carbocycles. The van der Waals surface area contributed by atoms with Gasteiger partial charge in [-0.2, -0.15) is 18.3 Å². The highest BCUT2D eigenvalue weighted by Crippen LogP contribution is 2.38. The first-order valence-corrected chi connectivity index (χ1v) is 12.4. The van der Waals surface area contributed by atoms with Crippen molar-refractivity contribution >= 4 is 21.2 Å². The average molecular weight is 514 g/mol. The molecule has 0 radical (unpaired) electrons. The number of aromatic nitrogens is 3. The molecule has 3 aromatic heterocycles. The van der Waals surface area contributed by atoms with Crippen molar-refractivity contribution in [3.05, 3.63) is 77.1 Å². The van der Waals surface area contributed by atoms with E-state index >= 15 is 0 Å². The summed E-state index contributed by atoms with van der Waals surface area (Å²) < 4.78 is 92.1. The molecule has 0 bridgehead atoms. The summed E-state index contributed by atoms with van der Waals surface area (Å²) in [5.74, 6) is -1.69. The molecule has 12 heteroatoms. The van der Waals surface area contributed by atoms with Gasteiger partial charge < -0.3 is 0 Å². The number of benzene rings is 1. The van der Waals surface area contributed by atoms with Crippen LogP contribution in [-0.4, -0.2) is 29.4 Å². The molecule has 0 aliphatic heterocycles. The van der Waals surface area contributed by atoms with Crippen LogP contribution in [0, 0.1) is 18.6 Å². The highest BCUT2D eigenvalue weighted by atomic mass is 32.2. The van der Waals surface area contributed by atoms with E-state index in [2.05, 4.69) is 10.1 Å². The highest BCUT2D eigenvalue weighted by molar-refractivity contribution is 7.90. The van der Waals surface area contributed by atoms with Gasteiger partial charge in [-0.1, -0.05) is 6.07 Å². The van der Waals surface area contributed by atoms with Gasteiger partial charge in [0.15, 0.2) is 20.6 Å². The van der Waals surface area contributed by atoms with E-state index in [0.29, 0.717) is 26.9 Å². The zero-order chi connectivity index (χ0) is 24.8. The zero-order valence-electron chi connectivity index (χ0n) is 17.7. The van der Waals surface area contributed by atoms with Crippen molar-refractivity contribution in [2.45, 2.75) is 24.7 Å². The molecule has 4 rings (SSSR count). The Morgan fingerprint density at radius 1 is 1.03 bits per heavy atom. The maximum atomic E-state index is 14.1. The first-order chi connectivity index (χ1) is 15.8. The van der Waals surface area contributed by atoms with Crippen LogP contribution in [0.4, 0.5) is 22.0 Å². The third-order valence-corrected chi connectivity index (χ3v) is 7.22. The summed E-state index contributed by atoms with van der Waals surface area (Å²) in [5, 5.41) is 3.56. The minimum atomic E-state index is -4.72. The number of nitrogens with zero attached hydrogens (tertiary/aromatic N) is 3. The van der Waals surface area contributed by atoms with E-state index in [1.54, 1.807) is 25.1 Å². The maximum Gasteiger partial charge on any atom is 0.435 e. The van der Waals surface area contributed by atoms with Crippen molar-refractivity contribution in [3.63, 3.8) is 0 Å². The second-order valence-corrected chi connectivity index (χ2v) is 10.6. The topological polar surface area (TPSA) is 64.8 Å². The van der Waals surface area contributed by atoms with E-state index in [-0.39, 0.29) is 22.8 Å². The summed E-state index contributed by atoms with van der Waals surface area (Å²) in [4.78, 5) is 5.08. The molecule has 0 amide bonds. The van der Waals surface area contributed by atoms with Crippen LogP contribution in [0.2, 0.25) is 0 Å². The summed E-state index contributed by atoms with van der Waals surface area (Å²) in [6.07, 6.45) is -2.29. The predicted octanol–water partition coefficient (Wildman–Crippen LogP) is 5.73. The number of thiophene rings is 1. The number of alkyl halides is 3. The molecule has 0 unspecified atom stereocenters. The molecule has 4 aromatic rings. The van der Waals surface area contributed by atoms with Crippen molar-refractivity contribution in [2.24, 2.45) is 0 Å².